The Hall–Kier alpha value is -1.87. The van der Waals surface area contributed by atoms with E-state index in [0.717, 1.165) is 43.3 Å². The van der Waals surface area contributed by atoms with Crippen LogP contribution in [0.1, 0.15) is 30.3 Å². The van der Waals surface area contributed by atoms with Crippen molar-refractivity contribution in [3.05, 3.63) is 59.4 Å². The van der Waals surface area contributed by atoms with Gasteiger partial charge in [-0.1, -0.05) is 25.1 Å². The van der Waals surface area contributed by atoms with Crippen LogP contribution in [0.15, 0.2) is 42.5 Å². The summed E-state index contributed by atoms with van der Waals surface area (Å²) in [5.41, 5.74) is 3.39. The number of aromatic nitrogens is 1. The van der Waals surface area contributed by atoms with Crippen molar-refractivity contribution in [1.82, 2.24) is 10.3 Å². The van der Waals surface area contributed by atoms with Crippen molar-refractivity contribution in [3.63, 3.8) is 0 Å². The second-order valence-corrected chi connectivity index (χ2v) is 4.87. The summed E-state index contributed by atoms with van der Waals surface area (Å²) in [6.45, 7) is 6.52. The summed E-state index contributed by atoms with van der Waals surface area (Å²) in [4.78, 5) is 4.47. The summed E-state index contributed by atoms with van der Waals surface area (Å²) in [6.07, 6.45) is 1.03. The van der Waals surface area contributed by atoms with Gasteiger partial charge in [0.25, 0.3) is 0 Å². The first-order valence-electron chi connectivity index (χ1n) is 7.13. The van der Waals surface area contributed by atoms with Crippen molar-refractivity contribution in [3.8, 4) is 5.75 Å². The highest BCUT2D eigenvalue weighted by molar-refractivity contribution is 5.27. The second-order valence-electron chi connectivity index (χ2n) is 4.87. The molecule has 1 heterocycles. The number of nitrogens with one attached hydrogen (secondary N) is 1. The number of hydrogen-bond acceptors (Lipinski definition) is 3. The molecule has 0 spiro atoms. The van der Waals surface area contributed by atoms with Crippen molar-refractivity contribution in [2.45, 2.75) is 33.4 Å². The minimum Gasteiger partial charge on any atom is -0.494 e. The standard InChI is InChI=1S/C17H22N2O/c1-3-11-20-17-9-7-15(8-10-17)12-18-13-16-6-4-5-14(2)19-16/h4-10,18H,3,11-13H2,1-2H3. The Bertz CT molecular complexity index is 523. The van der Waals surface area contributed by atoms with Gasteiger partial charge in [0.15, 0.2) is 0 Å². The summed E-state index contributed by atoms with van der Waals surface area (Å²) < 4.78 is 5.57. The van der Waals surface area contributed by atoms with E-state index in [9.17, 15) is 0 Å². The minimum atomic E-state index is 0.774. The van der Waals surface area contributed by atoms with E-state index in [-0.39, 0.29) is 0 Å². The summed E-state index contributed by atoms with van der Waals surface area (Å²) in [6, 6.07) is 14.3. The molecule has 0 fully saturated rings. The van der Waals surface area contributed by atoms with E-state index in [0.29, 0.717) is 0 Å². The third-order valence-electron chi connectivity index (χ3n) is 2.98. The van der Waals surface area contributed by atoms with Gasteiger partial charge in [0.05, 0.1) is 12.3 Å². The van der Waals surface area contributed by atoms with Crippen LogP contribution in [-0.4, -0.2) is 11.6 Å². The van der Waals surface area contributed by atoms with E-state index in [4.69, 9.17) is 4.74 Å². The van der Waals surface area contributed by atoms with Crippen LogP contribution in [-0.2, 0) is 13.1 Å². The van der Waals surface area contributed by atoms with Crippen LogP contribution in [0.4, 0.5) is 0 Å². The molecule has 0 saturated heterocycles. The number of ether oxygens (including phenoxy) is 1. The lowest BCUT2D eigenvalue weighted by Gasteiger charge is -2.07. The fourth-order valence-electron chi connectivity index (χ4n) is 1.96. The lowest BCUT2D eigenvalue weighted by atomic mass is 10.2. The average Bonchev–Trinajstić information content (AvgIpc) is 2.46. The highest BCUT2D eigenvalue weighted by Crippen LogP contribution is 2.12. The molecule has 1 aromatic heterocycles. The van der Waals surface area contributed by atoms with Crippen molar-refractivity contribution >= 4 is 0 Å². The Labute approximate surface area is 121 Å². The molecule has 0 saturated carbocycles. The lowest BCUT2D eigenvalue weighted by Crippen LogP contribution is -2.13. The number of rotatable bonds is 7. The highest BCUT2D eigenvalue weighted by atomic mass is 16.5. The SMILES string of the molecule is CCCOc1ccc(CNCc2cccc(C)n2)cc1. The van der Waals surface area contributed by atoms with Gasteiger partial charge in [0.2, 0.25) is 0 Å². The van der Waals surface area contributed by atoms with Crippen molar-refractivity contribution < 1.29 is 4.74 Å². The molecule has 0 radical (unpaired) electrons. The van der Waals surface area contributed by atoms with Crippen molar-refractivity contribution in [2.24, 2.45) is 0 Å². The van der Waals surface area contributed by atoms with E-state index >= 15 is 0 Å². The topological polar surface area (TPSA) is 34.1 Å². The molecule has 1 N–H and O–H groups in total. The molecule has 0 unspecified atom stereocenters. The van der Waals surface area contributed by atoms with E-state index in [1.807, 2.05) is 37.3 Å². The molecule has 0 aliphatic heterocycles. The maximum absolute atomic E-state index is 5.57. The van der Waals surface area contributed by atoms with Gasteiger partial charge >= 0.3 is 0 Å². The maximum atomic E-state index is 5.57. The first kappa shape index (κ1) is 14.5. The molecule has 1 aromatic carbocycles. The Morgan fingerprint density at radius 1 is 1.05 bits per heavy atom. The predicted octanol–water partition coefficient (Wildman–Crippen LogP) is 3.47. The van der Waals surface area contributed by atoms with Gasteiger partial charge in [0, 0.05) is 18.8 Å². The quantitative estimate of drug-likeness (QED) is 0.836. The second kappa shape index (κ2) is 7.65. The summed E-state index contributed by atoms with van der Waals surface area (Å²) in [5.74, 6) is 0.941. The number of benzene rings is 1. The van der Waals surface area contributed by atoms with Gasteiger partial charge in [-0.3, -0.25) is 4.98 Å². The predicted molar refractivity (Wildman–Crippen MR) is 81.7 cm³/mol. The number of nitrogens with zero attached hydrogens (tertiary/aromatic N) is 1. The average molecular weight is 270 g/mol. The van der Waals surface area contributed by atoms with Crippen LogP contribution >= 0.6 is 0 Å². The fourth-order valence-corrected chi connectivity index (χ4v) is 1.96. The van der Waals surface area contributed by atoms with E-state index in [1.165, 1.54) is 5.56 Å². The van der Waals surface area contributed by atoms with Crippen LogP contribution in [0.25, 0.3) is 0 Å². The Morgan fingerprint density at radius 2 is 1.85 bits per heavy atom. The van der Waals surface area contributed by atoms with Crippen LogP contribution in [0.5, 0.6) is 5.75 Å². The Morgan fingerprint density at radius 3 is 2.55 bits per heavy atom. The molecule has 0 atom stereocenters. The molecular formula is C17H22N2O. The lowest BCUT2D eigenvalue weighted by molar-refractivity contribution is 0.317. The van der Waals surface area contributed by atoms with Gasteiger partial charge < -0.3 is 10.1 Å². The van der Waals surface area contributed by atoms with Gasteiger partial charge in [-0.15, -0.1) is 0 Å². The monoisotopic (exact) mass is 270 g/mol. The van der Waals surface area contributed by atoms with E-state index in [1.54, 1.807) is 0 Å². The van der Waals surface area contributed by atoms with Crippen LogP contribution in [0, 0.1) is 6.92 Å². The molecule has 0 aliphatic carbocycles. The van der Waals surface area contributed by atoms with E-state index < -0.39 is 0 Å². The molecule has 2 rings (SSSR count). The number of aryl methyl sites for hydroxylation is 1. The summed E-state index contributed by atoms with van der Waals surface area (Å²) >= 11 is 0. The van der Waals surface area contributed by atoms with Crippen LogP contribution in [0.3, 0.4) is 0 Å². The van der Waals surface area contributed by atoms with Crippen molar-refractivity contribution in [2.75, 3.05) is 6.61 Å². The smallest absolute Gasteiger partial charge is 0.119 e. The molecule has 20 heavy (non-hydrogen) atoms. The first-order valence-corrected chi connectivity index (χ1v) is 7.13. The Balaban J connectivity index is 1.79. The maximum Gasteiger partial charge on any atom is 0.119 e. The molecular weight excluding hydrogens is 248 g/mol. The van der Waals surface area contributed by atoms with Crippen molar-refractivity contribution in [1.29, 1.82) is 0 Å². The molecule has 2 aromatic rings. The van der Waals surface area contributed by atoms with Gasteiger partial charge in [-0.25, -0.2) is 0 Å². The molecule has 0 amide bonds. The zero-order chi connectivity index (χ0) is 14.2. The minimum absolute atomic E-state index is 0.774. The number of hydrogen-bond donors (Lipinski definition) is 1. The Kier molecular flexibility index (Phi) is 5.56. The van der Waals surface area contributed by atoms with E-state index in [2.05, 4.69) is 29.4 Å². The van der Waals surface area contributed by atoms with Gasteiger partial charge in [0.1, 0.15) is 5.75 Å². The van der Waals surface area contributed by atoms with Gasteiger partial charge in [-0.05, 0) is 43.2 Å². The fraction of sp³-hybridized carbons (Fsp3) is 0.353. The molecule has 3 heteroatoms. The summed E-state index contributed by atoms with van der Waals surface area (Å²) in [5, 5.41) is 3.40. The number of pyridine rings is 1. The first-order chi connectivity index (χ1) is 9.78. The summed E-state index contributed by atoms with van der Waals surface area (Å²) in [7, 11) is 0. The van der Waals surface area contributed by atoms with Crippen LogP contribution in [0.2, 0.25) is 0 Å². The normalized spacial score (nSPS) is 10.5. The molecule has 0 aliphatic rings. The zero-order valence-corrected chi connectivity index (χ0v) is 12.2. The highest BCUT2D eigenvalue weighted by Gasteiger charge is 1.97. The zero-order valence-electron chi connectivity index (χ0n) is 12.2. The largest absolute Gasteiger partial charge is 0.494 e. The van der Waals surface area contributed by atoms with Gasteiger partial charge in [-0.2, -0.15) is 0 Å². The third kappa shape index (κ3) is 4.67. The van der Waals surface area contributed by atoms with Crippen LogP contribution < -0.4 is 10.1 Å². The molecule has 3 nitrogen and oxygen atoms in total. The molecule has 106 valence electrons. The molecule has 0 bridgehead atoms. The third-order valence-corrected chi connectivity index (χ3v) is 2.98.